The number of nitrogens with zero attached hydrogens (tertiary/aromatic N) is 4. The maximum Gasteiger partial charge on any atom is 0.264 e. The lowest BCUT2D eigenvalue weighted by Gasteiger charge is -2.26. The molecule has 1 aromatic heterocycles. The summed E-state index contributed by atoms with van der Waals surface area (Å²) in [6.07, 6.45) is 1.68. The van der Waals surface area contributed by atoms with Gasteiger partial charge in [0.05, 0.1) is 22.5 Å². The molecule has 2 N–H and O–H groups in total. The Morgan fingerprint density at radius 2 is 1.76 bits per heavy atom. The number of benzene rings is 3. The van der Waals surface area contributed by atoms with Crippen LogP contribution in [0, 0.1) is 20.8 Å². The van der Waals surface area contributed by atoms with Gasteiger partial charge in [-0.1, -0.05) is 48.0 Å². The first kappa shape index (κ1) is 24.7. The molecule has 0 amide bonds. The van der Waals surface area contributed by atoms with E-state index in [4.69, 9.17) is 17.3 Å². The Bertz CT molecular complexity index is 1660. The zero-order valence-corrected chi connectivity index (χ0v) is 22.5. The van der Waals surface area contributed by atoms with Gasteiger partial charge in [0.2, 0.25) is 0 Å². The molecule has 1 aliphatic rings. The molecule has 3 aromatic carbocycles. The minimum absolute atomic E-state index is 0.263. The maximum absolute atomic E-state index is 13.0. The number of thiocarbonyl (C=S) groups is 1. The quantitative estimate of drug-likeness (QED) is 0.221. The van der Waals surface area contributed by atoms with Gasteiger partial charge in [0, 0.05) is 18.3 Å². The first-order valence-electron chi connectivity index (χ1n) is 11.6. The van der Waals surface area contributed by atoms with Crippen LogP contribution in [0.1, 0.15) is 22.4 Å². The van der Waals surface area contributed by atoms with Gasteiger partial charge in [0.1, 0.15) is 11.4 Å². The van der Waals surface area contributed by atoms with E-state index in [-0.39, 0.29) is 4.90 Å². The van der Waals surface area contributed by atoms with Crippen molar-refractivity contribution >= 4 is 44.9 Å². The van der Waals surface area contributed by atoms with Crippen molar-refractivity contribution in [2.24, 2.45) is 5.10 Å². The van der Waals surface area contributed by atoms with Crippen LogP contribution >= 0.6 is 12.2 Å². The zero-order chi connectivity index (χ0) is 26.3. The lowest BCUT2D eigenvalue weighted by Crippen LogP contribution is -2.30. The van der Waals surface area contributed by atoms with Gasteiger partial charge >= 0.3 is 0 Å². The number of hydrogen-bond donors (Lipinski definition) is 2. The van der Waals surface area contributed by atoms with Crippen molar-refractivity contribution in [2.45, 2.75) is 25.7 Å². The van der Waals surface area contributed by atoms with E-state index in [1.54, 1.807) is 36.1 Å². The summed E-state index contributed by atoms with van der Waals surface area (Å²) in [5.74, 6) is 0. The van der Waals surface area contributed by atoms with Crippen LogP contribution < -0.4 is 15.0 Å². The predicted molar refractivity (Wildman–Crippen MR) is 152 cm³/mol. The van der Waals surface area contributed by atoms with Crippen LogP contribution in [-0.2, 0) is 10.0 Å². The van der Waals surface area contributed by atoms with E-state index in [1.807, 2.05) is 63.2 Å². The predicted octanol–water partition coefficient (Wildman–Crippen LogP) is 4.92. The molecule has 4 aromatic rings. The van der Waals surface area contributed by atoms with Crippen molar-refractivity contribution in [3.05, 3.63) is 89.1 Å². The van der Waals surface area contributed by atoms with E-state index >= 15 is 0 Å². The molecule has 0 fully saturated rings. The SMILES string of the molecule is Cc1ccc(NC(=S)N/N=C/c2ccc(-n3nc4c(c3C)N(C)S(=O)(=O)c3ccccc3-4)cc2)c(C)c1. The van der Waals surface area contributed by atoms with Gasteiger partial charge in [-0.25, -0.2) is 13.1 Å². The topological polar surface area (TPSA) is 91.6 Å². The number of fused-ring (bicyclic) bond motifs is 3. The molecule has 37 heavy (non-hydrogen) atoms. The Kier molecular flexibility index (Phi) is 6.30. The molecule has 0 saturated heterocycles. The van der Waals surface area contributed by atoms with Crippen LogP contribution in [0.4, 0.5) is 11.4 Å². The van der Waals surface area contributed by atoms with E-state index in [1.165, 1.54) is 9.87 Å². The van der Waals surface area contributed by atoms with E-state index in [0.29, 0.717) is 22.1 Å². The number of anilines is 2. The maximum atomic E-state index is 13.0. The molecular weight excluding hydrogens is 504 g/mol. The molecule has 10 heteroatoms. The fraction of sp³-hybridized carbons (Fsp3) is 0.148. The standard InChI is InChI=1S/C27H26N6O2S2/c1-17-9-14-23(18(2)15-17)29-27(36)30-28-16-20-10-12-21(13-11-20)33-19(3)26-25(31-33)22-7-5-6-8-24(22)37(34,35)32(26)4/h5-16H,1-4H3,(H2,29,30,36)/b28-16+. The van der Waals surface area contributed by atoms with Crippen LogP contribution in [0.3, 0.4) is 0 Å². The minimum Gasteiger partial charge on any atom is -0.331 e. The second-order valence-electron chi connectivity index (χ2n) is 8.90. The summed E-state index contributed by atoms with van der Waals surface area (Å²) in [6.45, 7) is 5.94. The average Bonchev–Trinajstić information content (AvgIpc) is 3.22. The Hall–Kier alpha value is -4.02. The van der Waals surface area contributed by atoms with Crippen molar-refractivity contribution in [3.8, 4) is 16.9 Å². The summed E-state index contributed by atoms with van der Waals surface area (Å²) >= 11 is 5.34. The van der Waals surface area contributed by atoms with Gasteiger partial charge in [-0.15, -0.1) is 0 Å². The van der Waals surface area contributed by atoms with Crippen molar-refractivity contribution < 1.29 is 8.42 Å². The lowest BCUT2D eigenvalue weighted by molar-refractivity contribution is 0.594. The van der Waals surface area contributed by atoms with Gasteiger partial charge in [-0.2, -0.15) is 10.2 Å². The van der Waals surface area contributed by atoms with E-state index < -0.39 is 10.0 Å². The van der Waals surface area contributed by atoms with Crippen molar-refractivity contribution in [1.29, 1.82) is 0 Å². The third-order valence-corrected chi connectivity index (χ3v) is 8.34. The fourth-order valence-electron chi connectivity index (χ4n) is 4.43. The molecule has 0 spiro atoms. The molecular formula is C27H26N6O2S2. The summed E-state index contributed by atoms with van der Waals surface area (Å²) in [6, 6.07) is 20.7. The number of aromatic nitrogens is 2. The first-order valence-corrected chi connectivity index (χ1v) is 13.5. The molecule has 0 bridgehead atoms. The Morgan fingerprint density at radius 1 is 1.03 bits per heavy atom. The van der Waals surface area contributed by atoms with Gasteiger partial charge in [0.15, 0.2) is 5.11 Å². The van der Waals surface area contributed by atoms with Gasteiger partial charge < -0.3 is 5.32 Å². The van der Waals surface area contributed by atoms with Crippen LogP contribution in [-0.4, -0.2) is 36.6 Å². The first-order chi connectivity index (χ1) is 17.7. The number of hydrogen-bond acceptors (Lipinski definition) is 5. The van der Waals surface area contributed by atoms with Crippen molar-refractivity contribution in [1.82, 2.24) is 15.2 Å². The Morgan fingerprint density at radius 3 is 2.49 bits per heavy atom. The third kappa shape index (κ3) is 4.49. The monoisotopic (exact) mass is 530 g/mol. The van der Waals surface area contributed by atoms with Crippen molar-refractivity contribution in [2.75, 3.05) is 16.7 Å². The highest BCUT2D eigenvalue weighted by molar-refractivity contribution is 7.93. The summed E-state index contributed by atoms with van der Waals surface area (Å²) in [4.78, 5) is 0.263. The molecule has 8 nitrogen and oxygen atoms in total. The normalized spacial score (nSPS) is 13.8. The highest BCUT2D eigenvalue weighted by atomic mass is 32.2. The van der Waals surface area contributed by atoms with Crippen LogP contribution in [0.25, 0.3) is 16.9 Å². The second kappa shape index (κ2) is 9.45. The van der Waals surface area contributed by atoms with Crippen LogP contribution in [0.15, 0.2) is 76.7 Å². The van der Waals surface area contributed by atoms with E-state index in [9.17, 15) is 8.42 Å². The van der Waals surface area contributed by atoms with Crippen LogP contribution in [0.2, 0.25) is 0 Å². The molecule has 0 unspecified atom stereocenters. The minimum atomic E-state index is -3.63. The summed E-state index contributed by atoms with van der Waals surface area (Å²) < 4.78 is 29.2. The summed E-state index contributed by atoms with van der Waals surface area (Å²) in [7, 11) is -2.07. The number of hydrazone groups is 1. The highest BCUT2D eigenvalue weighted by Crippen LogP contribution is 2.43. The van der Waals surface area contributed by atoms with Gasteiger partial charge in [-0.05, 0) is 68.4 Å². The Balaban J connectivity index is 1.34. The summed E-state index contributed by atoms with van der Waals surface area (Å²) in [5, 5.41) is 12.6. The molecule has 1 aliphatic heterocycles. The number of aryl methyl sites for hydroxylation is 2. The molecule has 0 atom stereocenters. The molecule has 5 rings (SSSR count). The van der Waals surface area contributed by atoms with Crippen LogP contribution in [0.5, 0.6) is 0 Å². The number of rotatable bonds is 4. The number of nitrogens with one attached hydrogen (secondary N) is 2. The smallest absolute Gasteiger partial charge is 0.264 e. The van der Waals surface area contributed by atoms with Gasteiger partial charge in [0.25, 0.3) is 10.0 Å². The molecule has 0 radical (unpaired) electrons. The Labute approximate surface area is 221 Å². The summed E-state index contributed by atoms with van der Waals surface area (Å²) in [5.41, 5.74) is 10.3. The fourth-order valence-corrected chi connectivity index (χ4v) is 6.04. The lowest BCUT2D eigenvalue weighted by atomic mass is 10.1. The molecule has 188 valence electrons. The second-order valence-corrected chi connectivity index (χ2v) is 11.2. The van der Waals surface area contributed by atoms with Crippen molar-refractivity contribution in [3.63, 3.8) is 0 Å². The molecule has 0 saturated carbocycles. The molecule has 2 heterocycles. The van der Waals surface area contributed by atoms with E-state index in [0.717, 1.165) is 28.2 Å². The zero-order valence-electron chi connectivity index (χ0n) is 20.9. The van der Waals surface area contributed by atoms with E-state index in [2.05, 4.69) is 21.9 Å². The third-order valence-electron chi connectivity index (χ3n) is 6.33. The highest BCUT2D eigenvalue weighted by Gasteiger charge is 2.36. The van der Waals surface area contributed by atoms with Gasteiger partial charge in [-0.3, -0.25) is 9.73 Å². The number of sulfonamides is 1. The average molecular weight is 531 g/mol. The molecule has 0 aliphatic carbocycles. The largest absolute Gasteiger partial charge is 0.331 e.